The molecule has 1 saturated carbocycles. The maximum Gasteiger partial charge on any atom is 0.262 e. The lowest BCUT2D eigenvalue weighted by Gasteiger charge is -2.19. The second-order valence-electron chi connectivity index (χ2n) is 10.6. The Labute approximate surface area is 237 Å². The summed E-state index contributed by atoms with van der Waals surface area (Å²) in [6, 6.07) is 27.3. The molecule has 4 aliphatic rings. The minimum Gasteiger partial charge on any atom is -0.271 e. The van der Waals surface area contributed by atoms with Crippen molar-refractivity contribution in [1.82, 2.24) is 0 Å². The van der Waals surface area contributed by atoms with Crippen LogP contribution in [0.5, 0.6) is 0 Å². The predicted octanol–water partition coefficient (Wildman–Crippen LogP) is 5.01. The highest BCUT2D eigenvalue weighted by Crippen LogP contribution is 2.85. The lowest BCUT2D eigenvalue weighted by molar-refractivity contribution is -0.126. The largest absolute Gasteiger partial charge is 0.271 e. The number of hydrogen-bond donors (Lipinski definition) is 0. The van der Waals surface area contributed by atoms with Crippen LogP contribution in [0.25, 0.3) is 0 Å². The van der Waals surface area contributed by atoms with Crippen LogP contribution >= 0.6 is 0 Å². The summed E-state index contributed by atoms with van der Waals surface area (Å²) >= 11 is 0. The van der Waals surface area contributed by atoms with Crippen molar-refractivity contribution in [3.05, 3.63) is 91.0 Å². The third kappa shape index (κ3) is 2.66. The molecule has 3 spiro atoms. The molecule has 3 heterocycles. The van der Waals surface area contributed by atoms with Gasteiger partial charge in [0.2, 0.25) is 0 Å². The van der Waals surface area contributed by atoms with Crippen LogP contribution in [-0.4, -0.2) is 34.9 Å². The third-order valence-corrected chi connectivity index (χ3v) is 8.94. The van der Waals surface area contributed by atoms with E-state index in [-0.39, 0.29) is 0 Å². The summed E-state index contributed by atoms with van der Waals surface area (Å²) in [5.74, 6) is -1.25. The number of hydrazone groups is 3. The van der Waals surface area contributed by atoms with Crippen molar-refractivity contribution < 1.29 is 14.4 Å². The number of rotatable bonds is 5. The summed E-state index contributed by atoms with van der Waals surface area (Å²) in [7, 11) is 0. The maximum atomic E-state index is 14.9. The minimum absolute atomic E-state index is 0.361. The fourth-order valence-corrected chi connectivity index (χ4v) is 7.47. The molecule has 0 saturated heterocycles. The van der Waals surface area contributed by atoms with Gasteiger partial charge in [-0.3, -0.25) is 14.4 Å². The van der Waals surface area contributed by atoms with Gasteiger partial charge in [-0.15, -0.1) is 0 Å². The summed E-state index contributed by atoms with van der Waals surface area (Å²) < 4.78 is 0. The van der Waals surface area contributed by atoms with Gasteiger partial charge in [-0.1, -0.05) is 68.4 Å². The average Bonchev–Trinajstić information content (AvgIpc) is 3.12. The number of hydrogen-bond acceptors (Lipinski definition) is 6. The maximum absolute atomic E-state index is 14.9. The van der Waals surface area contributed by atoms with Crippen molar-refractivity contribution in [2.45, 2.75) is 33.6 Å². The SMILES string of the molecule is CCC1=NN(c2ccccc2)C(=O)C12C1(C(=O)N(c3ccccc3)N=C1C)C21C(=O)N(c2ccccc2)N=C1CC. The van der Waals surface area contributed by atoms with Crippen molar-refractivity contribution in [2.75, 3.05) is 15.0 Å². The smallest absolute Gasteiger partial charge is 0.262 e. The average molecular weight is 545 g/mol. The summed E-state index contributed by atoms with van der Waals surface area (Å²) in [6.07, 6.45) is 0.722. The molecule has 0 aromatic heterocycles. The first-order valence-electron chi connectivity index (χ1n) is 13.8. The van der Waals surface area contributed by atoms with Gasteiger partial charge in [0.05, 0.1) is 34.2 Å². The number of para-hydroxylation sites is 3. The Morgan fingerprint density at radius 2 is 0.829 bits per heavy atom. The molecular formula is C32H28N6O3. The molecule has 0 bridgehead atoms. The van der Waals surface area contributed by atoms with Gasteiger partial charge in [0.25, 0.3) is 17.7 Å². The van der Waals surface area contributed by atoms with Crippen LogP contribution in [0.3, 0.4) is 0 Å². The molecule has 0 N–H and O–H groups in total. The Morgan fingerprint density at radius 3 is 1.17 bits per heavy atom. The zero-order chi connectivity index (χ0) is 28.6. The predicted molar refractivity (Wildman–Crippen MR) is 158 cm³/mol. The van der Waals surface area contributed by atoms with E-state index in [1.54, 1.807) is 43.3 Å². The lowest BCUT2D eigenvalue weighted by atomic mass is 9.82. The van der Waals surface area contributed by atoms with Crippen LogP contribution in [0, 0.1) is 16.2 Å². The van der Waals surface area contributed by atoms with E-state index < -0.39 is 34.0 Å². The van der Waals surface area contributed by atoms with Crippen LogP contribution in [0.4, 0.5) is 17.1 Å². The normalized spacial score (nSPS) is 28.3. The molecular weight excluding hydrogens is 516 g/mol. The second kappa shape index (κ2) is 8.54. The van der Waals surface area contributed by atoms with Crippen LogP contribution in [-0.2, 0) is 14.4 Å². The number of anilines is 3. The summed E-state index contributed by atoms with van der Waals surface area (Å²) in [5, 5.41) is 18.4. The summed E-state index contributed by atoms with van der Waals surface area (Å²) in [4.78, 5) is 44.7. The molecule has 3 aromatic carbocycles. The van der Waals surface area contributed by atoms with Gasteiger partial charge in [-0.2, -0.15) is 30.3 Å². The number of nitrogens with zero attached hydrogens (tertiary/aromatic N) is 6. The molecule has 41 heavy (non-hydrogen) atoms. The molecule has 0 radical (unpaired) electrons. The highest BCUT2D eigenvalue weighted by molar-refractivity contribution is 6.48. The Balaban J connectivity index is 1.50. The van der Waals surface area contributed by atoms with Gasteiger partial charge < -0.3 is 0 Å². The molecule has 7 rings (SSSR count). The molecule has 3 aliphatic heterocycles. The quantitative estimate of drug-likeness (QED) is 0.452. The molecule has 1 fully saturated rings. The monoisotopic (exact) mass is 544 g/mol. The van der Waals surface area contributed by atoms with E-state index in [4.69, 9.17) is 15.3 Å². The molecule has 9 nitrogen and oxygen atoms in total. The van der Waals surface area contributed by atoms with Crippen molar-refractivity contribution in [2.24, 2.45) is 31.5 Å². The van der Waals surface area contributed by atoms with Crippen molar-refractivity contribution in [3.8, 4) is 0 Å². The van der Waals surface area contributed by atoms with E-state index in [2.05, 4.69) is 0 Å². The number of benzene rings is 3. The van der Waals surface area contributed by atoms with E-state index in [1.165, 1.54) is 15.0 Å². The standard InChI is InChI=1S/C32H28N6O3/c1-4-25-31(28(40)37(34-25)23-17-11-7-12-18-23)30(21(3)33-36(27(30)39)22-15-9-6-10-16-22)32(31)26(5-2)35-38(29(32)41)24-19-13-8-14-20-24/h6-20H,4-5H2,1-3H3. The van der Waals surface area contributed by atoms with E-state index in [0.29, 0.717) is 47.0 Å². The van der Waals surface area contributed by atoms with Crippen LogP contribution in [0.2, 0.25) is 0 Å². The highest BCUT2D eigenvalue weighted by Gasteiger charge is 3.04. The van der Waals surface area contributed by atoms with Gasteiger partial charge in [0, 0.05) is 0 Å². The number of carbonyl (C=O) groups excluding carboxylic acids is 3. The van der Waals surface area contributed by atoms with E-state index in [1.807, 2.05) is 68.4 Å². The number of amides is 3. The Bertz CT molecular complexity index is 1610. The van der Waals surface area contributed by atoms with Crippen LogP contribution < -0.4 is 15.0 Å². The van der Waals surface area contributed by atoms with E-state index in [0.717, 1.165) is 0 Å². The van der Waals surface area contributed by atoms with Crippen LogP contribution in [0.1, 0.15) is 33.6 Å². The lowest BCUT2D eigenvalue weighted by Crippen LogP contribution is -2.41. The van der Waals surface area contributed by atoms with E-state index in [9.17, 15) is 14.4 Å². The molecule has 204 valence electrons. The first-order valence-corrected chi connectivity index (χ1v) is 13.8. The first-order chi connectivity index (χ1) is 19.9. The van der Waals surface area contributed by atoms with Crippen molar-refractivity contribution in [3.63, 3.8) is 0 Å². The third-order valence-electron chi connectivity index (χ3n) is 8.94. The zero-order valence-corrected chi connectivity index (χ0v) is 23.0. The summed E-state index contributed by atoms with van der Waals surface area (Å²) in [5.41, 5.74) is -1.76. The van der Waals surface area contributed by atoms with Gasteiger partial charge in [0.1, 0.15) is 16.2 Å². The fourth-order valence-electron chi connectivity index (χ4n) is 7.47. The molecule has 3 aromatic rings. The van der Waals surface area contributed by atoms with Gasteiger partial charge >= 0.3 is 0 Å². The van der Waals surface area contributed by atoms with Gasteiger partial charge in [0.15, 0.2) is 0 Å². The zero-order valence-electron chi connectivity index (χ0n) is 23.0. The first kappa shape index (κ1) is 25.1. The second-order valence-corrected chi connectivity index (χ2v) is 10.6. The molecule has 1 aliphatic carbocycles. The van der Waals surface area contributed by atoms with E-state index >= 15 is 0 Å². The summed E-state index contributed by atoms with van der Waals surface area (Å²) in [6.45, 7) is 5.55. The number of carbonyl (C=O) groups is 3. The molecule has 2 unspecified atom stereocenters. The topological polar surface area (TPSA) is 98.0 Å². The highest BCUT2D eigenvalue weighted by atomic mass is 16.2. The van der Waals surface area contributed by atoms with Gasteiger partial charge in [-0.05, 0) is 56.2 Å². The molecule has 3 amide bonds. The van der Waals surface area contributed by atoms with Crippen LogP contribution in [0.15, 0.2) is 106 Å². The Kier molecular flexibility index (Phi) is 5.22. The Morgan fingerprint density at radius 1 is 0.512 bits per heavy atom. The van der Waals surface area contributed by atoms with Crippen molar-refractivity contribution in [1.29, 1.82) is 0 Å². The van der Waals surface area contributed by atoms with Gasteiger partial charge in [-0.25, -0.2) is 0 Å². The molecule has 2 atom stereocenters. The fraction of sp³-hybridized carbons (Fsp3) is 0.250. The molecule has 9 heteroatoms. The van der Waals surface area contributed by atoms with Crippen molar-refractivity contribution >= 4 is 51.9 Å². The minimum atomic E-state index is -1.61. The number of fused-ring (bicyclic) bond motifs is 3. The Hall–Kier alpha value is -4.92.